The highest BCUT2D eigenvalue weighted by atomic mass is 16.5. The Labute approximate surface area is 116 Å². The molecule has 0 amide bonds. The zero-order valence-electron chi connectivity index (χ0n) is 12.2. The lowest BCUT2D eigenvalue weighted by atomic mass is 9.82. The van der Waals surface area contributed by atoms with Crippen molar-refractivity contribution in [3.8, 4) is 0 Å². The first-order valence-electron chi connectivity index (χ1n) is 7.58. The van der Waals surface area contributed by atoms with Crippen LogP contribution in [0.4, 0.5) is 0 Å². The van der Waals surface area contributed by atoms with Gasteiger partial charge in [-0.05, 0) is 31.2 Å². The van der Waals surface area contributed by atoms with E-state index in [2.05, 4.69) is 12.0 Å². The number of ether oxygens (including phenoxy) is 1. The summed E-state index contributed by atoms with van der Waals surface area (Å²) in [6.07, 6.45) is 9.50. The minimum Gasteiger partial charge on any atom is -0.379 e. The van der Waals surface area contributed by atoms with Crippen LogP contribution in [-0.4, -0.2) is 23.0 Å². The fraction of sp³-hybridized carbons (Fsp3) is 0.800. The highest BCUT2D eigenvalue weighted by Crippen LogP contribution is 2.33. The average Bonchev–Trinajstić information content (AvgIpc) is 2.89. The molecule has 1 heterocycles. The third-order valence-corrected chi connectivity index (χ3v) is 4.27. The van der Waals surface area contributed by atoms with E-state index in [0.29, 0.717) is 5.92 Å². The van der Waals surface area contributed by atoms with Crippen LogP contribution in [0.3, 0.4) is 0 Å². The van der Waals surface area contributed by atoms with Crippen molar-refractivity contribution in [2.45, 2.75) is 64.1 Å². The van der Waals surface area contributed by atoms with Crippen molar-refractivity contribution in [1.29, 1.82) is 0 Å². The summed E-state index contributed by atoms with van der Waals surface area (Å²) in [7, 11) is 1.79. The molecule has 1 aliphatic rings. The van der Waals surface area contributed by atoms with Gasteiger partial charge >= 0.3 is 0 Å². The second-order valence-corrected chi connectivity index (χ2v) is 5.60. The zero-order chi connectivity index (χ0) is 13.7. The summed E-state index contributed by atoms with van der Waals surface area (Å²) in [4.78, 5) is 0. The summed E-state index contributed by atoms with van der Waals surface area (Å²) in [6, 6.07) is 1.97. The molecule has 1 fully saturated rings. The third-order valence-electron chi connectivity index (χ3n) is 4.27. The molecule has 0 aliphatic heterocycles. The molecule has 1 aliphatic carbocycles. The molecule has 1 aromatic rings. The van der Waals surface area contributed by atoms with Crippen LogP contribution >= 0.6 is 0 Å². The van der Waals surface area contributed by atoms with E-state index < -0.39 is 0 Å². The van der Waals surface area contributed by atoms with E-state index in [4.69, 9.17) is 10.5 Å². The van der Waals surface area contributed by atoms with Gasteiger partial charge in [0.2, 0.25) is 0 Å². The Bertz CT molecular complexity index is 371. The van der Waals surface area contributed by atoms with Crippen LogP contribution in [0, 0.1) is 5.92 Å². The molecule has 0 aromatic carbocycles. The van der Waals surface area contributed by atoms with E-state index in [0.717, 1.165) is 18.7 Å². The van der Waals surface area contributed by atoms with E-state index in [1.165, 1.54) is 32.1 Å². The number of methoxy groups -OCH3 is 1. The number of hydrogen-bond donors (Lipinski definition) is 1. The van der Waals surface area contributed by atoms with Crippen LogP contribution in [0.25, 0.3) is 0 Å². The summed E-state index contributed by atoms with van der Waals surface area (Å²) >= 11 is 0. The summed E-state index contributed by atoms with van der Waals surface area (Å²) < 4.78 is 7.77. The van der Waals surface area contributed by atoms with Crippen LogP contribution in [0.1, 0.15) is 57.2 Å². The van der Waals surface area contributed by atoms with Crippen molar-refractivity contribution >= 4 is 0 Å². The predicted molar refractivity (Wildman–Crippen MR) is 76.8 cm³/mol. The lowest BCUT2D eigenvalue weighted by Gasteiger charge is -2.33. The normalized spacial score (nSPS) is 20.4. The van der Waals surface area contributed by atoms with Crippen LogP contribution < -0.4 is 5.73 Å². The topological polar surface area (TPSA) is 53.1 Å². The Hall–Kier alpha value is -0.870. The van der Waals surface area contributed by atoms with Gasteiger partial charge < -0.3 is 10.5 Å². The first kappa shape index (κ1) is 14.5. The first-order chi connectivity index (χ1) is 9.27. The Morgan fingerprint density at radius 2 is 2.16 bits per heavy atom. The van der Waals surface area contributed by atoms with Gasteiger partial charge in [0.25, 0.3) is 0 Å². The highest BCUT2D eigenvalue weighted by Gasteiger charge is 2.30. The maximum atomic E-state index is 6.47. The molecule has 2 atom stereocenters. The number of hydrogen-bond acceptors (Lipinski definition) is 3. The van der Waals surface area contributed by atoms with E-state index >= 15 is 0 Å². The van der Waals surface area contributed by atoms with Gasteiger partial charge in [0.05, 0.1) is 17.8 Å². The Balaban J connectivity index is 2.10. The molecule has 2 N–H and O–H groups in total. The molecular weight excluding hydrogens is 238 g/mol. The van der Waals surface area contributed by atoms with Crippen molar-refractivity contribution in [1.82, 2.24) is 9.78 Å². The number of aryl methyl sites for hydroxylation is 1. The second kappa shape index (κ2) is 7.06. The zero-order valence-corrected chi connectivity index (χ0v) is 12.2. The van der Waals surface area contributed by atoms with Gasteiger partial charge in [0.15, 0.2) is 0 Å². The summed E-state index contributed by atoms with van der Waals surface area (Å²) in [5.41, 5.74) is 7.58. The van der Waals surface area contributed by atoms with Crippen LogP contribution in [0.2, 0.25) is 0 Å². The molecule has 4 heteroatoms. The first-order valence-corrected chi connectivity index (χ1v) is 7.58. The molecule has 0 saturated heterocycles. The smallest absolute Gasteiger partial charge is 0.0807 e. The quantitative estimate of drug-likeness (QED) is 0.860. The van der Waals surface area contributed by atoms with Crippen LogP contribution in [0.5, 0.6) is 0 Å². The fourth-order valence-corrected chi connectivity index (χ4v) is 3.29. The third kappa shape index (κ3) is 3.37. The predicted octanol–water partition coefficient (Wildman–Crippen LogP) is 2.89. The number of nitrogens with two attached hydrogens (primary N) is 1. The Kier molecular flexibility index (Phi) is 5.40. The van der Waals surface area contributed by atoms with Crippen LogP contribution in [-0.2, 0) is 11.3 Å². The van der Waals surface area contributed by atoms with Crippen molar-refractivity contribution in [3.05, 3.63) is 18.0 Å². The van der Waals surface area contributed by atoms with Gasteiger partial charge in [-0.15, -0.1) is 0 Å². The van der Waals surface area contributed by atoms with E-state index in [9.17, 15) is 0 Å². The molecule has 4 nitrogen and oxygen atoms in total. The van der Waals surface area contributed by atoms with Gasteiger partial charge in [0.1, 0.15) is 0 Å². The van der Waals surface area contributed by atoms with Crippen molar-refractivity contribution in [2.24, 2.45) is 11.7 Å². The van der Waals surface area contributed by atoms with Gasteiger partial charge in [-0.3, -0.25) is 4.68 Å². The highest BCUT2D eigenvalue weighted by molar-refractivity contribution is 5.09. The maximum Gasteiger partial charge on any atom is 0.0807 e. The SMILES string of the molecule is CCCn1nccc1C(N)C(OC)C1CCCCC1. The number of aromatic nitrogens is 2. The standard InChI is InChI=1S/C15H27N3O/c1-3-11-18-13(9-10-17-18)14(16)15(19-2)12-7-5-4-6-8-12/h9-10,12,14-15H,3-8,11,16H2,1-2H3. The molecule has 2 rings (SSSR count). The number of nitrogens with zero attached hydrogens (tertiary/aromatic N) is 2. The molecule has 1 saturated carbocycles. The molecular formula is C15H27N3O. The largest absolute Gasteiger partial charge is 0.379 e. The fourth-order valence-electron chi connectivity index (χ4n) is 3.29. The van der Waals surface area contributed by atoms with Crippen LogP contribution in [0.15, 0.2) is 12.3 Å². The average molecular weight is 265 g/mol. The number of rotatable bonds is 6. The lowest BCUT2D eigenvalue weighted by molar-refractivity contribution is 0.0153. The van der Waals surface area contributed by atoms with Gasteiger partial charge in [0, 0.05) is 19.9 Å². The molecule has 108 valence electrons. The van der Waals surface area contributed by atoms with Crippen molar-refractivity contribution in [3.63, 3.8) is 0 Å². The minimum atomic E-state index is -0.0675. The van der Waals surface area contributed by atoms with Crippen molar-refractivity contribution in [2.75, 3.05) is 7.11 Å². The van der Waals surface area contributed by atoms with E-state index in [-0.39, 0.29) is 12.1 Å². The molecule has 19 heavy (non-hydrogen) atoms. The van der Waals surface area contributed by atoms with E-state index in [1.54, 1.807) is 7.11 Å². The Morgan fingerprint density at radius 1 is 1.42 bits per heavy atom. The van der Waals surface area contributed by atoms with Gasteiger partial charge in [-0.2, -0.15) is 5.10 Å². The monoisotopic (exact) mass is 265 g/mol. The van der Waals surface area contributed by atoms with E-state index in [1.807, 2.05) is 16.9 Å². The molecule has 2 unspecified atom stereocenters. The van der Waals surface area contributed by atoms with Gasteiger partial charge in [-0.1, -0.05) is 26.2 Å². The van der Waals surface area contributed by atoms with Crippen molar-refractivity contribution < 1.29 is 4.74 Å². The minimum absolute atomic E-state index is 0.0675. The summed E-state index contributed by atoms with van der Waals surface area (Å²) in [5, 5.41) is 4.37. The lowest BCUT2D eigenvalue weighted by Crippen LogP contribution is -2.37. The molecule has 0 bridgehead atoms. The summed E-state index contributed by atoms with van der Waals surface area (Å²) in [5.74, 6) is 0.596. The maximum absolute atomic E-state index is 6.47. The Morgan fingerprint density at radius 3 is 2.79 bits per heavy atom. The molecule has 0 spiro atoms. The molecule has 1 aromatic heterocycles. The summed E-state index contributed by atoms with van der Waals surface area (Å²) in [6.45, 7) is 3.09. The molecule has 0 radical (unpaired) electrons. The van der Waals surface area contributed by atoms with Gasteiger partial charge in [-0.25, -0.2) is 0 Å². The second-order valence-electron chi connectivity index (χ2n) is 5.60.